The first kappa shape index (κ1) is 10.2. The highest BCUT2D eigenvalue weighted by molar-refractivity contribution is 6.15. The first-order chi connectivity index (χ1) is 10.8. The Bertz CT molecular complexity index is 639. The molecule has 0 aromatic rings. The zero-order valence-corrected chi connectivity index (χ0v) is 11.1. The topological polar surface area (TPSA) is 107 Å². The summed E-state index contributed by atoms with van der Waals surface area (Å²) in [6.07, 6.45) is 0. The van der Waals surface area contributed by atoms with Gasteiger partial charge in [0.15, 0.2) is 5.78 Å². The second-order valence-electron chi connectivity index (χ2n) is 5.58. The number of amides is 2. The summed E-state index contributed by atoms with van der Waals surface area (Å²) in [5.74, 6) is -3.30. The monoisotopic (exact) mass is 283 g/mol. The second kappa shape index (κ2) is 3.97. The molecule has 3 aliphatic rings. The number of aliphatic hydroxyl groups is 2. The maximum absolute atomic E-state index is 12.9. The molecule has 0 unspecified atom stereocenters. The van der Waals surface area contributed by atoms with Crippen molar-refractivity contribution >= 4 is 17.6 Å². The molecule has 0 radical (unpaired) electrons. The molecule has 2 amide bonds. The Morgan fingerprint density at radius 3 is 2.70 bits per heavy atom. The Hall–Kier alpha value is -1.57. The third kappa shape index (κ3) is 1.27. The number of aliphatic hydroxyl groups excluding tert-OH is 2. The van der Waals surface area contributed by atoms with Crippen molar-refractivity contribution in [3.8, 4) is 0 Å². The lowest BCUT2D eigenvalue weighted by Gasteiger charge is -2.35. The van der Waals surface area contributed by atoms with Crippen LogP contribution in [0.15, 0.2) is 11.1 Å². The summed E-state index contributed by atoms with van der Waals surface area (Å²) < 4.78 is 22.2. The van der Waals surface area contributed by atoms with Crippen LogP contribution in [-0.2, 0) is 14.4 Å². The lowest BCUT2D eigenvalue weighted by Crippen LogP contribution is -2.58. The standard InChI is InChI=1S/C13H16N2O5/c1-13-8-7(11(19)15(2)12(8)20)9(14-13)5(3-16)6(4-17)10(13)18/h7-9,14,16-17H,3-4H2,1-2H3/t7-,8-,9+,13+/m1/s1/i16D,17D/hD. The highest BCUT2D eigenvalue weighted by Gasteiger charge is 2.68. The fourth-order valence-electron chi connectivity index (χ4n) is 3.65. The van der Waals surface area contributed by atoms with Crippen molar-refractivity contribution in [2.24, 2.45) is 11.8 Å². The van der Waals surface area contributed by atoms with Crippen molar-refractivity contribution in [2.45, 2.75) is 18.5 Å². The van der Waals surface area contributed by atoms with Gasteiger partial charge in [0, 0.05) is 18.7 Å². The van der Waals surface area contributed by atoms with Crippen LogP contribution in [0.5, 0.6) is 0 Å². The Morgan fingerprint density at radius 1 is 1.35 bits per heavy atom. The number of hydrogen-bond donors (Lipinski definition) is 3. The highest BCUT2D eigenvalue weighted by Crippen LogP contribution is 2.48. The largest absolute Gasteiger partial charge is 0.392 e. The van der Waals surface area contributed by atoms with Crippen LogP contribution in [0.25, 0.3) is 0 Å². The van der Waals surface area contributed by atoms with Gasteiger partial charge in [-0.15, -0.1) is 0 Å². The second-order valence-corrected chi connectivity index (χ2v) is 5.58. The van der Waals surface area contributed by atoms with Gasteiger partial charge in [-0.1, -0.05) is 0 Å². The van der Waals surface area contributed by atoms with E-state index in [1.807, 2.05) is 0 Å². The van der Waals surface area contributed by atoms with Crippen molar-refractivity contribution in [3.63, 3.8) is 0 Å². The lowest BCUT2D eigenvalue weighted by atomic mass is 9.79. The van der Waals surface area contributed by atoms with Crippen LogP contribution < -0.4 is 5.31 Å². The van der Waals surface area contributed by atoms with Crippen molar-refractivity contribution < 1.29 is 26.0 Å². The van der Waals surface area contributed by atoms with E-state index in [1.165, 1.54) is 14.0 Å². The van der Waals surface area contributed by atoms with Gasteiger partial charge >= 0.3 is 0 Å². The summed E-state index contributed by atoms with van der Waals surface area (Å²) in [7, 11) is 1.36. The molecule has 3 heterocycles. The number of ketones is 1. The quantitative estimate of drug-likeness (QED) is 0.506. The number of imide groups is 1. The Kier molecular flexibility index (Phi) is 2.02. The number of rotatable bonds is 4. The van der Waals surface area contributed by atoms with Crippen LogP contribution in [0.4, 0.5) is 0 Å². The molecule has 2 saturated heterocycles. The summed E-state index contributed by atoms with van der Waals surface area (Å²) in [6, 6.07) is -0.848. The number of carbonyl (C=O) groups excluding carboxylic acids is 3. The molecule has 3 rings (SSSR count). The van der Waals surface area contributed by atoms with Gasteiger partial charge in [-0.25, -0.2) is 0 Å². The summed E-state index contributed by atoms with van der Waals surface area (Å²) in [6.45, 7) is 0.830. The highest BCUT2D eigenvalue weighted by atomic mass is 16.3. The van der Waals surface area contributed by atoms with E-state index in [0.717, 1.165) is 10.2 Å². The van der Waals surface area contributed by atoms with Crippen molar-refractivity contribution in [1.82, 2.24) is 10.2 Å². The number of hydrogen-bond acceptors (Lipinski definition) is 6. The zero-order chi connectivity index (χ0) is 17.1. The third-order valence-electron chi connectivity index (χ3n) is 4.70. The van der Waals surface area contributed by atoms with E-state index in [-0.39, 0.29) is 24.4 Å². The molecule has 0 aromatic heterocycles. The minimum Gasteiger partial charge on any atom is -0.392 e. The van der Waals surface area contributed by atoms with Gasteiger partial charge in [0.25, 0.3) is 0 Å². The van der Waals surface area contributed by atoms with Crippen molar-refractivity contribution in [1.29, 1.82) is 2.86 Å². The Labute approximate surface area is 119 Å². The molecule has 0 saturated carbocycles. The summed E-state index contributed by atoms with van der Waals surface area (Å²) in [5, 5.41) is 9.68. The van der Waals surface area contributed by atoms with E-state index in [1.54, 1.807) is 0 Å². The van der Waals surface area contributed by atoms with Gasteiger partial charge in [-0.3, -0.25) is 24.6 Å². The Morgan fingerprint density at radius 2 is 2.05 bits per heavy atom. The van der Waals surface area contributed by atoms with Gasteiger partial charge in [0.2, 0.25) is 14.7 Å². The third-order valence-corrected chi connectivity index (χ3v) is 4.70. The van der Waals surface area contributed by atoms with Crippen LogP contribution in [-0.4, -0.2) is 67.4 Å². The Balaban J connectivity index is 2.21. The maximum Gasteiger partial charge on any atom is 0.235 e. The van der Waals surface area contributed by atoms with Crippen molar-refractivity contribution in [3.05, 3.63) is 11.1 Å². The molecular formula is C13H16N2O5. The predicted octanol–water partition coefficient (Wildman–Crippen LogP) is -2.19. The van der Waals surface area contributed by atoms with E-state index in [9.17, 15) is 14.4 Å². The SMILES string of the molecule is [2H]OCC1=C(CO[2H])[C@H]2[C@@H]3C(=O)N(C)C(=O)[C@@H]3[C@@](C)(C1=O)N2[2H]. The number of nitrogens with zero attached hydrogens (tertiary/aromatic N) is 1. The number of likely N-dealkylation sites (tertiary alicyclic amines) is 1. The molecule has 7 nitrogen and oxygen atoms in total. The number of Topliss-reactive ketones (excluding diaryl/α,β-unsaturated/α-hetero) is 1. The minimum absolute atomic E-state index is 0.112. The van der Waals surface area contributed by atoms with Crippen LogP contribution in [0.3, 0.4) is 0 Å². The molecule has 2 bridgehead atoms. The number of carbonyl (C=O) groups is 3. The zero-order valence-electron chi connectivity index (χ0n) is 14.1. The summed E-state index contributed by atoms with van der Waals surface area (Å²) in [5.41, 5.74) is -1.12. The molecule has 7 heteroatoms. The normalized spacial score (nSPS) is 42.9. The molecule has 3 N–H and O–H groups in total. The van der Waals surface area contributed by atoms with E-state index in [2.05, 4.69) is 10.2 Å². The number of nitrogens with one attached hydrogen (secondary N) is 1. The fraction of sp³-hybridized carbons (Fsp3) is 0.615. The minimum atomic E-state index is -1.49. The van der Waals surface area contributed by atoms with E-state index < -0.39 is 41.0 Å². The molecule has 20 heavy (non-hydrogen) atoms. The predicted molar refractivity (Wildman–Crippen MR) is 66.3 cm³/mol. The van der Waals surface area contributed by atoms with Crippen LogP contribution in [0.1, 0.15) is 6.92 Å². The molecule has 108 valence electrons. The van der Waals surface area contributed by atoms with Crippen molar-refractivity contribution in [2.75, 3.05) is 20.3 Å². The van der Waals surface area contributed by atoms with Gasteiger partial charge in [0.1, 0.15) is 1.41 Å². The molecule has 0 aromatic carbocycles. The molecular weight excluding hydrogens is 264 g/mol. The maximum atomic E-state index is 12.9. The fourth-order valence-corrected chi connectivity index (χ4v) is 3.65. The van der Waals surface area contributed by atoms with Crippen LogP contribution >= 0.6 is 0 Å². The van der Waals surface area contributed by atoms with Crippen LogP contribution in [0.2, 0.25) is 1.41 Å². The van der Waals surface area contributed by atoms with E-state index in [4.69, 9.17) is 4.27 Å². The summed E-state index contributed by atoms with van der Waals surface area (Å²) in [4.78, 5) is 38.8. The molecule has 3 aliphatic heterocycles. The van der Waals surface area contributed by atoms with Gasteiger partial charge in [-0.05, 0) is 12.5 Å². The first-order valence-corrected chi connectivity index (χ1v) is 6.34. The molecule has 0 spiro atoms. The van der Waals surface area contributed by atoms with Gasteiger partial charge in [-0.2, -0.15) is 0 Å². The van der Waals surface area contributed by atoms with Gasteiger partial charge in [0.05, 0.1) is 30.6 Å². The average Bonchev–Trinajstić information content (AvgIpc) is 2.86. The van der Waals surface area contributed by atoms with Gasteiger partial charge < -0.3 is 10.2 Å². The molecule has 0 aliphatic carbocycles. The average molecular weight is 283 g/mol. The first-order valence-electron chi connectivity index (χ1n) is 7.61. The van der Waals surface area contributed by atoms with E-state index in [0.29, 0.717) is 0 Å². The summed E-state index contributed by atoms with van der Waals surface area (Å²) >= 11 is 0. The van der Waals surface area contributed by atoms with Crippen LogP contribution in [0, 0.1) is 11.8 Å². The molecule has 2 fully saturated rings. The van der Waals surface area contributed by atoms with E-state index >= 15 is 0 Å². The molecule has 4 atom stereocenters. The smallest absolute Gasteiger partial charge is 0.235 e. The number of fused-ring (bicyclic) bond motifs is 5. The lowest BCUT2D eigenvalue weighted by molar-refractivity contribution is -0.141.